The molecule has 1 aromatic carbocycles. The molecule has 1 fully saturated rings. The normalized spacial score (nSPS) is 16.8. The van der Waals surface area contributed by atoms with Crippen molar-refractivity contribution >= 4 is 50.7 Å². The molecule has 2 aliphatic rings. The summed E-state index contributed by atoms with van der Waals surface area (Å²) in [7, 11) is 0. The van der Waals surface area contributed by atoms with Gasteiger partial charge in [-0.05, 0) is 68.4 Å². The minimum Gasteiger partial charge on any atom is -0.293 e. The monoisotopic (exact) mass is 458 g/mol. The highest BCUT2D eigenvalue weighted by molar-refractivity contribution is 7.99. The molecule has 7 heteroatoms. The quantitative estimate of drug-likeness (QED) is 0.264. The number of fused-ring (bicyclic) bond motifs is 3. The maximum Gasteiger partial charge on any atom is 0.263 e. The molecule has 0 saturated heterocycles. The molecule has 2 aliphatic carbocycles. The number of aromatic nitrogens is 2. The number of thioether (sulfide) groups is 1. The topological polar surface area (TPSA) is 52.0 Å². The summed E-state index contributed by atoms with van der Waals surface area (Å²) in [5.41, 5.74) is 1.97. The van der Waals surface area contributed by atoms with Gasteiger partial charge in [-0.3, -0.25) is 14.2 Å². The number of carbonyl (C=O) groups is 1. The van der Waals surface area contributed by atoms with Gasteiger partial charge in [-0.1, -0.05) is 36.2 Å². The molecule has 2 aromatic heterocycles. The van der Waals surface area contributed by atoms with Gasteiger partial charge >= 0.3 is 0 Å². The smallest absolute Gasteiger partial charge is 0.263 e. The van der Waals surface area contributed by atoms with Crippen LogP contribution >= 0.6 is 34.7 Å². The molecule has 0 unspecified atom stereocenters. The average molecular weight is 459 g/mol. The maximum absolute atomic E-state index is 13.6. The Kier molecular flexibility index (Phi) is 5.73. The fourth-order valence-corrected chi connectivity index (χ4v) is 7.02. The van der Waals surface area contributed by atoms with Gasteiger partial charge in [0.25, 0.3) is 5.56 Å². The number of benzene rings is 1. The number of ketones is 1. The van der Waals surface area contributed by atoms with Crippen molar-refractivity contribution in [1.82, 2.24) is 9.55 Å². The van der Waals surface area contributed by atoms with Crippen LogP contribution in [0.4, 0.5) is 0 Å². The largest absolute Gasteiger partial charge is 0.293 e. The van der Waals surface area contributed by atoms with Crippen LogP contribution in [0.2, 0.25) is 5.02 Å². The zero-order valence-corrected chi connectivity index (χ0v) is 19.0. The van der Waals surface area contributed by atoms with E-state index < -0.39 is 0 Å². The highest BCUT2D eigenvalue weighted by atomic mass is 35.5. The summed E-state index contributed by atoms with van der Waals surface area (Å²) in [6, 6.07) is 7.16. The lowest BCUT2D eigenvalue weighted by Crippen LogP contribution is -2.27. The Balaban J connectivity index is 1.53. The van der Waals surface area contributed by atoms with E-state index in [1.165, 1.54) is 28.6 Å². The van der Waals surface area contributed by atoms with Gasteiger partial charge in [0.2, 0.25) is 0 Å². The zero-order chi connectivity index (χ0) is 20.7. The van der Waals surface area contributed by atoms with E-state index in [-0.39, 0.29) is 23.1 Å². The lowest BCUT2D eigenvalue weighted by atomic mass is 9.97. The Hall–Kier alpha value is -1.63. The van der Waals surface area contributed by atoms with Gasteiger partial charge in [0, 0.05) is 21.5 Å². The van der Waals surface area contributed by atoms with Gasteiger partial charge in [0.15, 0.2) is 10.9 Å². The van der Waals surface area contributed by atoms with E-state index in [1.54, 1.807) is 35.6 Å². The molecule has 0 bridgehead atoms. The first-order valence-corrected chi connectivity index (χ1v) is 12.8. The number of carbonyl (C=O) groups excluding carboxylic acids is 1. The molecule has 0 radical (unpaired) electrons. The molecule has 156 valence electrons. The third-order valence-corrected chi connectivity index (χ3v) is 8.57. The molecule has 1 saturated carbocycles. The van der Waals surface area contributed by atoms with E-state index in [1.807, 2.05) is 4.57 Å². The predicted octanol–water partition coefficient (Wildman–Crippen LogP) is 6.08. The van der Waals surface area contributed by atoms with E-state index in [0.717, 1.165) is 55.2 Å². The van der Waals surface area contributed by atoms with Crippen LogP contribution in [0.25, 0.3) is 10.2 Å². The summed E-state index contributed by atoms with van der Waals surface area (Å²) < 4.78 is 1.91. The molecule has 30 heavy (non-hydrogen) atoms. The minimum absolute atomic E-state index is 0.0226. The number of hydrogen-bond donors (Lipinski definition) is 0. The summed E-state index contributed by atoms with van der Waals surface area (Å²) in [5, 5.41) is 2.15. The van der Waals surface area contributed by atoms with Crippen molar-refractivity contribution in [2.45, 2.75) is 62.6 Å². The number of thiophene rings is 1. The van der Waals surface area contributed by atoms with Gasteiger partial charge in [0.05, 0.1) is 11.1 Å². The molecule has 3 aromatic rings. The number of halogens is 1. The van der Waals surface area contributed by atoms with Crippen LogP contribution in [0.15, 0.2) is 34.2 Å². The van der Waals surface area contributed by atoms with Crippen LogP contribution in [0.1, 0.15) is 65.4 Å². The highest BCUT2D eigenvalue weighted by Crippen LogP contribution is 2.37. The first-order valence-electron chi connectivity index (χ1n) is 10.6. The van der Waals surface area contributed by atoms with Gasteiger partial charge in [-0.15, -0.1) is 11.3 Å². The Morgan fingerprint density at radius 3 is 2.63 bits per heavy atom. The van der Waals surface area contributed by atoms with Crippen LogP contribution in [-0.4, -0.2) is 21.1 Å². The van der Waals surface area contributed by atoms with Crippen molar-refractivity contribution in [2.75, 3.05) is 5.75 Å². The van der Waals surface area contributed by atoms with Crippen molar-refractivity contribution in [2.24, 2.45) is 0 Å². The van der Waals surface area contributed by atoms with Crippen molar-refractivity contribution in [1.29, 1.82) is 0 Å². The van der Waals surface area contributed by atoms with E-state index in [2.05, 4.69) is 0 Å². The fourth-order valence-electron chi connectivity index (χ4n) is 4.63. The number of hydrogen-bond acceptors (Lipinski definition) is 5. The first kappa shape index (κ1) is 20.3. The summed E-state index contributed by atoms with van der Waals surface area (Å²) in [6.07, 6.45) is 8.68. The summed E-state index contributed by atoms with van der Waals surface area (Å²) >= 11 is 9.00. The summed E-state index contributed by atoms with van der Waals surface area (Å²) in [5.74, 6) is 0.284. The third kappa shape index (κ3) is 3.74. The van der Waals surface area contributed by atoms with E-state index >= 15 is 0 Å². The van der Waals surface area contributed by atoms with Crippen molar-refractivity contribution in [3.8, 4) is 0 Å². The lowest BCUT2D eigenvalue weighted by Gasteiger charge is -2.18. The van der Waals surface area contributed by atoms with Crippen molar-refractivity contribution in [3.05, 3.63) is 55.6 Å². The zero-order valence-electron chi connectivity index (χ0n) is 16.7. The molecule has 0 N–H and O–H groups in total. The summed E-state index contributed by atoms with van der Waals surface area (Å²) in [6.45, 7) is 0. The minimum atomic E-state index is 0.0226. The van der Waals surface area contributed by atoms with Crippen LogP contribution in [0, 0.1) is 0 Å². The SMILES string of the molecule is O=C(CSc1nc2sc3c(c2c(=O)n1C1CCCC1)CCCC3)c1ccc(Cl)cc1. The Labute approximate surface area is 188 Å². The second kappa shape index (κ2) is 8.48. The molecule has 0 spiro atoms. The Morgan fingerprint density at radius 2 is 1.87 bits per heavy atom. The molecular weight excluding hydrogens is 436 g/mol. The first-order chi connectivity index (χ1) is 14.6. The van der Waals surface area contributed by atoms with Crippen molar-refractivity contribution in [3.63, 3.8) is 0 Å². The Morgan fingerprint density at radius 1 is 1.13 bits per heavy atom. The third-order valence-electron chi connectivity index (χ3n) is 6.18. The Bertz CT molecular complexity index is 1160. The summed E-state index contributed by atoms with van der Waals surface area (Å²) in [4.78, 5) is 33.4. The number of aryl methyl sites for hydroxylation is 2. The van der Waals surface area contributed by atoms with Crippen LogP contribution in [0.3, 0.4) is 0 Å². The van der Waals surface area contributed by atoms with E-state index in [0.29, 0.717) is 15.7 Å². The van der Waals surface area contributed by atoms with E-state index in [9.17, 15) is 9.59 Å². The molecule has 0 aliphatic heterocycles. The second-order valence-corrected chi connectivity index (χ2v) is 10.6. The van der Waals surface area contributed by atoms with Gasteiger partial charge in [0.1, 0.15) is 4.83 Å². The molecular formula is C23H23ClN2O2S2. The number of nitrogens with zero attached hydrogens (tertiary/aromatic N) is 2. The highest BCUT2D eigenvalue weighted by Gasteiger charge is 2.27. The van der Waals surface area contributed by atoms with Crippen LogP contribution in [0.5, 0.6) is 0 Å². The maximum atomic E-state index is 13.6. The van der Waals surface area contributed by atoms with Crippen LogP contribution < -0.4 is 5.56 Å². The predicted molar refractivity (Wildman–Crippen MR) is 125 cm³/mol. The molecule has 4 nitrogen and oxygen atoms in total. The van der Waals surface area contributed by atoms with Gasteiger partial charge in [-0.2, -0.15) is 0 Å². The molecule has 5 rings (SSSR count). The molecule has 0 amide bonds. The number of Topliss-reactive ketones (excluding diaryl/α,β-unsaturated/α-hetero) is 1. The standard InChI is InChI=1S/C23H23ClN2O2S2/c24-15-11-9-14(10-12-15)18(27)13-29-23-25-21-20(17-7-3-4-8-19(17)30-21)22(28)26(23)16-5-1-2-6-16/h9-12,16H,1-8,13H2. The molecule has 2 heterocycles. The van der Waals surface area contributed by atoms with Gasteiger partial charge in [-0.25, -0.2) is 4.98 Å². The van der Waals surface area contributed by atoms with Crippen molar-refractivity contribution < 1.29 is 4.79 Å². The fraction of sp³-hybridized carbons (Fsp3) is 0.435. The van der Waals surface area contributed by atoms with Gasteiger partial charge < -0.3 is 0 Å². The number of rotatable bonds is 5. The molecule has 0 atom stereocenters. The van der Waals surface area contributed by atoms with Crippen LogP contribution in [-0.2, 0) is 12.8 Å². The van der Waals surface area contributed by atoms with E-state index in [4.69, 9.17) is 16.6 Å². The lowest BCUT2D eigenvalue weighted by molar-refractivity contribution is 0.102. The second-order valence-electron chi connectivity index (χ2n) is 8.12. The average Bonchev–Trinajstić information content (AvgIpc) is 3.40.